The smallest absolute Gasteiger partial charge is 0.169 e. The van der Waals surface area contributed by atoms with E-state index in [9.17, 15) is 9.18 Å². The van der Waals surface area contributed by atoms with E-state index in [0.29, 0.717) is 18.7 Å². The number of ketones is 1. The molecule has 1 atom stereocenters. The van der Waals surface area contributed by atoms with Gasteiger partial charge in [0, 0.05) is 6.42 Å². The zero-order valence-corrected chi connectivity index (χ0v) is 15.1. The van der Waals surface area contributed by atoms with Crippen LogP contribution in [0.1, 0.15) is 24.8 Å². The maximum absolute atomic E-state index is 13.3. The van der Waals surface area contributed by atoms with Gasteiger partial charge in [-0.3, -0.25) is 4.79 Å². The molecule has 1 aromatic heterocycles. The maximum atomic E-state index is 13.3. The molecule has 26 heavy (non-hydrogen) atoms. The van der Waals surface area contributed by atoms with Crippen molar-refractivity contribution < 1.29 is 9.18 Å². The van der Waals surface area contributed by atoms with Crippen LogP contribution < -0.4 is 0 Å². The maximum Gasteiger partial charge on any atom is 0.169 e. The number of carbonyl (C=O) groups excluding carboxylic acids is 1. The Morgan fingerprint density at radius 2 is 1.88 bits per heavy atom. The highest BCUT2D eigenvalue weighted by molar-refractivity contribution is 8.00. The van der Waals surface area contributed by atoms with E-state index in [1.54, 1.807) is 23.9 Å². The Labute approximate surface area is 156 Å². The Kier molecular flexibility index (Phi) is 4.89. The molecule has 0 amide bonds. The molecule has 2 aromatic carbocycles. The van der Waals surface area contributed by atoms with Crippen molar-refractivity contribution in [3.8, 4) is 11.3 Å². The fraction of sp³-hybridized carbons (Fsp3) is 0.238. The van der Waals surface area contributed by atoms with Crippen LogP contribution in [0, 0.1) is 5.82 Å². The first kappa shape index (κ1) is 17.0. The normalized spacial score (nSPS) is 17.0. The summed E-state index contributed by atoms with van der Waals surface area (Å²) in [7, 11) is 0. The topological polar surface area (TPSA) is 34.9 Å². The van der Waals surface area contributed by atoms with Gasteiger partial charge in [-0.05, 0) is 48.2 Å². The van der Waals surface area contributed by atoms with Crippen LogP contribution in [-0.4, -0.2) is 20.6 Å². The van der Waals surface area contributed by atoms with E-state index >= 15 is 0 Å². The monoisotopic (exact) mass is 366 g/mol. The molecule has 0 bridgehead atoms. The lowest BCUT2D eigenvalue weighted by molar-refractivity contribution is -0.116. The number of carbonyl (C=O) groups is 1. The minimum Gasteiger partial charge on any atom is -0.314 e. The van der Waals surface area contributed by atoms with Crippen molar-refractivity contribution in [3.05, 3.63) is 72.2 Å². The van der Waals surface area contributed by atoms with E-state index in [1.165, 1.54) is 12.1 Å². The molecular formula is C21H19FN2OS. The average Bonchev–Trinajstić information content (AvgIpc) is 3.24. The zero-order chi connectivity index (χ0) is 17.9. The Bertz CT molecular complexity index is 906. The summed E-state index contributed by atoms with van der Waals surface area (Å²) in [6.45, 7) is 0.663. The number of hydrogen-bond donors (Lipinski definition) is 0. The van der Waals surface area contributed by atoms with Gasteiger partial charge in [0.15, 0.2) is 5.16 Å². The molecule has 0 aliphatic heterocycles. The van der Waals surface area contributed by atoms with Crippen LogP contribution in [0.4, 0.5) is 4.39 Å². The number of imidazole rings is 1. The molecule has 5 heteroatoms. The molecular weight excluding hydrogens is 347 g/mol. The van der Waals surface area contributed by atoms with E-state index in [-0.39, 0.29) is 11.1 Å². The Hall–Kier alpha value is -2.40. The summed E-state index contributed by atoms with van der Waals surface area (Å²) >= 11 is 1.55. The highest BCUT2D eigenvalue weighted by Gasteiger charge is 2.27. The Morgan fingerprint density at radius 3 is 2.58 bits per heavy atom. The second-order valence-corrected chi connectivity index (χ2v) is 7.64. The van der Waals surface area contributed by atoms with E-state index in [2.05, 4.69) is 21.7 Å². The highest BCUT2D eigenvalue weighted by atomic mass is 32.2. The predicted molar refractivity (Wildman–Crippen MR) is 102 cm³/mol. The number of benzene rings is 2. The van der Waals surface area contributed by atoms with Crippen molar-refractivity contribution in [2.24, 2.45) is 0 Å². The lowest BCUT2D eigenvalue weighted by Gasteiger charge is -2.14. The second-order valence-electron chi connectivity index (χ2n) is 6.47. The molecule has 0 spiro atoms. The number of aromatic nitrogens is 2. The third-order valence-corrected chi connectivity index (χ3v) is 5.96. The van der Waals surface area contributed by atoms with E-state index in [4.69, 9.17) is 0 Å². The summed E-state index contributed by atoms with van der Waals surface area (Å²) in [4.78, 5) is 16.7. The zero-order valence-electron chi connectivity index (χ0n) is 14.3. The fourth-order valence-corrected chi connectivity index (χ4v) is 4.45. The number of Topliss-reactive ketones (excluding diaryl/α,β-unsaturated/α-hetero) is 1. The van der Waals surface area contributed by atoms with Crippen LogP contribution in [0.5, 0.6) is 0 Å². The lowest BCUT2D eigenvalue weighted by Crippen LogP contribution is -2.11. The minimum absolute atomic E-state index is 0.00649. The molecule has 1 aliphatic carbocycles. The molecule has 1 unspecified atom stereocenters. The summed E-state index contributed by atoms with van der Waals surface area (Å²) in [6.07, 6.45) is 4.36. The van der Waals surface area contributed by atoms with Crippen LogP contribution in [0.3, 0.4) is 0 Å². The van der Waals surface area contributed by atoms with Gasteiger partial charge in [-0.15, -0.1) is 0 Å². The van der Waals surface area contributed by atoms with Crippen molar-refractivity contribution in [1.29, 1.82) is 0 Å². The van der Waals surface area contributed by atoms with Gasteiger partial charge in [0.05, 0.1) is 23.7 Å². The van der Waals surface area contributed by atoms with Crippen molar-refractivity contribution in [2.45, 2.75) is 36.2 Å². The molecule has 3 nitrogen and oxygen atoms in total. The standard InChI is InChI=1S/C21H19FN2OS/c22-17-11-9-16(10-12-17)18-13-23-21(26-20-8-4-7-19(20)25)24(18)14-15-5-2-1-3-6-15/h1-3,5-6,9-13,20H,4,7-8,14H2. The summed E-state index contributed by atoms with van der Waals surface area (Å²) in [5.74, 6) is 0.0571. The number of halogens is 1. The number of rotatable bonds is 5. The molecule has 4 rings (SSSR count). The van der Waals surface area contributed by atoms with Gasteiger partial charge in [-0.1, -0.05) is 42.1 Å². The molecule has 0 saturated heterocycles. The molecule has 1 fully saturated rings. The summed E-state index contributed by atoms with van der Waals surface area (Å²) < 4.78 is 15.4. The first-order chi connectivity index (χ1) is 12.7. The molecule has 1 saturated carbocycles. The first-order valence-electron chi connectivity index (χ1n) is 8.75. The van der Waals surface area contributed by atoms with E-state index in [0.717, 1.165) is 34.8 Å². The van der Waals surface area contributed by atoms with Crippen LogP contribution in [0.15, 0.2) is 66.0 Å². The van der Waals surface area contributed by atoms with Crippen molar-refractivity contribution in [3.63, 3.8) is 0 Å². The van der Waals surface area contributed by atoms with Crippen molar-refractivity contribution in [1.82, 2.24) is 9.55 Å². The van der Waals surface area contributed by atoms with Gasteiger partial charge >= 0.3 is 0 Å². The molecule has 0 radical (unpaired) electrons. The van der Waals surface area contributed by atoms with Gasteiger partial charge < -0.3 is 4.57 Å². The largest absolute Gasteiger partial charge is 0.314 e. The van der Waals surface area contributed by atoms with Gasteiger partial charge in [-0.25, -0.2) is 9.37 Å². The Balaban J connectivity index is 1.71. The molecule has 0 N–H and O–H groups in total. The fourth-order valence-electron chi connectivity index (χ4n) is 3.26. The molecule has 132 valence electrons. The third kappa shape index (κ3) is 3.58. The minimum atomic E-state index is -0.256. The summed E-state index contributed by atoms with van der Waals surface area (Å²) in [6, 6.07) is 16.6. The van der Waals surface area contributed by atoms with Gasteiger partial charge in [0.2, 0.25) is 0 Å². The van der Waals surface area contributed by atoms with Crippen molar-refractivity contribution in [2.75, 3.05) is 0 Å². The van der Waals surface area contributed by atoms with Crippen LogP contribution in [0.2, 0.25) is 0 Å². The van der Waals surface area contributed by atoms with Crippen molar-refractivity contribution >= 4 is 17.5 Å². The summed E-state index contributed by atoms with van der Waals surface area (Å²) in [5.41, 5.74) is 3.01. The number of thioether (sulfide) groups is 1. The molecule has 1 aliphatic rings. The van der Waals surface area contributed by atoms with Gasteiger partial charge in [-0.2, -0.15) is 0 Å². The van der Waals surface area contributed by atoms with Gasteiger partial charge in [0.25, 0.3) is 0 Å². The summed E-state index contributed by atoms with van der Waals surface area (Å²) in [5, 5.41) is 0.835. The van der Waals surface area contributed by atoms with Gasteiger partial charge in [0.1, 0.15) is 11.6 Å². The van der Waals surface area contributed by atoms with E-state index in [1.807, 2.05) is 24.4 Å². The lowest BCUT2D eigenvalue weighted by atomic mass is 10.1. The average molecular weight is 366 g/mol. The number of hydrogen-bond acceptors (Lipinski definition) is 3. The highest BCUT2D eigenvalue weighted by Crippen LogP contribution is 2.34. The first-order valence-corrected chi connectivity index (χ1v) is 9.63. The number of nitrogens with zero attached hydrogens (tertiary/aromatic N) is 2. The quantitative estimate of drug-likeness (QED) is 0.641. The SMILES string of the molecule is O=C1CCCC1Sc1ncc(-c2ccc(F)cc2)n1Cc1ccccc1. The van der Waals surface area contributed by atoms with Crippen LogP contribution in [0.25, 0.3) is 11.3 Å². The van der Waals surface area contributed by atoms with E-state index < -0.39 is 0 Å². The molecule has 3 aromatic rings. The molecule has 1 heterocycles. The van der Waals surface area contributed by atoms with Crippen LogP contribution in [-0.2, 0) is 11.3 Å². The van der Waals surface area contributed by atoms with Crippen LogP contribution >= 0.6 is 11.8 Å². The second kappa shape index (κ2) is 7.46. The Morgan fingerprint density at radius 1 is 1.12 bits per heavy atom. The third-order valence-electron chi connectivity index (χ3n) is 4.64. The predicted octanol–water partition coefficient (Wildman–Crippen LogP) is 4.95.